The molecule has 16 rings (SSSR count). The van der Waals surface area contributed by atoms with Crippen molar-refractivity contribution in [1.29, 1.82) is 0 Å². The van der Waals surface area contributed by atoms with E-state index in [9.17, 15) is 0 Å². The third-order valence-electron chi connectivity index (χ3n) is 14.9. The third kappa shape index (κ3) is 6.34. The molecule has 0 fully saturated rings. The molecule has 0 aliphatic rings. The summed E-state index contributed by atoms with van der Waals surface area (Å²) in [5.74, 6) is 1.91. The molecule has 0 spiro atoms. The van der Waals surface area contributed by atoms with Crippen LogP contribution in [0.2, 0.25) is 0 Å². The Morgan fingerprint density at radius 3 is 1.35 bits per heavy atom. The molecule has 0 saturated carbocycles. The van der Waals surface area contributed by atoms with Gasteiger partial charge in [0.2, 0.25) is 0 Å². The zero-order valence-corrected chi connectivity index (χ0v) is 41.9. The molecule has 7 heteroatoms. The minimum atomic E-state index is 0.618. The molecule has 0 radical (unpaired) electrons. The molecule has 0 aliphatic carbocycles. The number of benzene rings is 11. The van der Waals surface area contributed by atoms with Crippen molar-refractivity contribution in [2.24, 2.45) is 0 Å². The monoisotopic (exact) mass is 994 g/mol. The van der Waals surface area contributed by atoms with Gasteiger partial charge in [-0.25, -0.2) is 15.0 Å². The molecule has 0 unspecified atom stereocenters. The lowest BCUT2D eigenvalue weighted by Crippen LogP contribution is -2.02. The second-order valence-electron chi connectivity index (χ2n) is 19.0. The van der Waals surface area contributed by atoms with Crippen LogP contribution in [0.1, 0.15) is 0 Å². The van der Waals surface area contributed by atoms with E-state index in [0.717, 1.165) is 55.3 Å². The van der Waals surface area contributed by atoms with Crippen molar-refractivity contribution in [3.8, 4) is 62.1 Å². The molecular formula is C67H38N4S3. The molecule has 0 bridgehead atoms. The topological polar surface area (TPSA) is 43.6 Å². The first-order valence-corrected chi connectivity index (χ1v) is 27.3. The zero-order chi connectivity index (χ0) is 48.4. The van der Waals surface area contributed by atoms with E-state index in [1.54, 1.807) is 0 Å². The molecule has 0 atom stereocenters. The lowest BCUT2D eigenvalue weighted by molar-refractivity contribution is 1.08. The summed E-state index contributed by atoms with van der Waals surface area (Å²) >= 11 is 5.46. The first-order valence-electron chi connectivity index (χ1n) is 24.8. The summed E-state index contributed by atoms with van der Waals surface area (Å²) in [4.78, 5) is 16.6. The number of fused-ring (bicyclic) bond motifs is 13. The highest BCUT2D eigenvalue weighted by molar-refractivity contribution is 7.26. The number of hydrogen-bond acceptors (Lipinski definition) is 6. The van der Waals surface area contributed by atoms with Gasteiger partial charge in [-0.1, -0.05) is 158 Å². The number of thiophene rings is 3. The van der Waals surface area contributed by atoms with Gasteiger partial charge < -0.3 is 4.57 Å². The predicted molar refractivity (Wildman–Crippen MR) is 318 cm³/mol. The molecule has 74 heavy (non-hydrogen) atoms. The smallest absolute Gasteiger partial charge is 0.164 e. The summed E-state index contributed by atoms with van der Waals surface area (Å²) in [5, 5.41) is 12.1. The van der Waals surface area contributed by atoms with Gasteiger partial charge in [-0.2, -0.15) is 0 Å². The highest BCUT2D eigenvalue weighted by Gasteiger charge is 2.24. The Hall–Kier alpha value is -8.85. The third-order valence-corrected chi connectivity index (χ3v) is 18.3. The van der Waals surface area contributed by atoms with Crippen LogP contribution in [0.5, 0.6) is 0 Å². The maximum atomic E-state index is 5.55. The molecule has 5 aromatic heterocycles. The minimum Gasteiger partial charge on any atom is -0.309 e. The van der Waals surface area contributed by atoms with Crippen LogP contribution in [-0.4, -0.2) is 19.5 Å². The van der Waals surface area contributed by atoms with Crippen LogP contribution in [0.4, 0.5) is 0 Å². The molecule has 0 amide bonds. The number of rotatable bonds is 6. The van der Waals surface area contributed by atoms with E-state index >= 15 is 0 Å². The van der Waals surface area contributed by atoms with Gasteiger partial charge in [0.05, 0.1) is 16.7 Å². The SMILES string of the molecule is c1ccc(-c2cccc3c2c2cc4ccccc4cc2n3-c2ccc(-c3nc(-c4cccc5sc6ccccc6c45)nc(-c4cccc5sc6ccccc6c45)n3)cc2-c2cccc3sc4ccccc4c23)cc1. The Balaban J connectivity index is 1.02. The molecule has 0 saturated heterocycles. The Bertz CT molecular complexity index is 4850. The van der Waals surface area contributed by atoms with Crippen LogP contribution in [0.3, 0.4) is 0 Å². The van der Waals surface area contributed by atoms with Crippen molar-refractivity contribution < 1.29 is 0 Å². The summed E-state index contributed by atoms with van der Waals surface area (Å²) in [5.41, 5.74) is 10.9. The second kappa shape index (κ2) is 16.3. The van der Waals surface area contributed by atoms with E-state index in [0.29, 0.717) is 17.5 Å². The average Bonchev–Trinajstić information content (AvgIpc) is 4.24. The molecule has 4 nitrogen and oxygen atoms in total. The van der Waals surface area contributed by atoms with Crippen LogP contribution in [0.15, 0.2) is 231 Å². The van der Waals surface area contributed by atoms with Crippen molar-refractivity contribution >= 4 is 127 Å². The van der Waals surface area contributed by atoms with Crippen molar-refractivity contribution in [3.63, 3.8) is 0 Å². The Kier molecular flexibility index (Phi) is 9.21. The van der Waals surface area contributed by atoms with Gasteiger partial charge in [0.25, 0.3) is 0 Å². The molecule has 344 valence electrons. The van der Waals surface area contributed by atoms with Gasteiger partial charge in [-0.15, -0.1) is 34.0 Å². The van der Waals surface area contributed by atoms with E-state index < -0.39 is 0 Å². The summed E-state index contributed by atoms with van der Waals surface area (Å²) in [6.07, 6.45) is 0. The predicted octanol–water partition coefficient (Wildman–Crippen LogP) is 19.6. The van der Waals surface area contributed by atoms with E-state index in [2.05, 4.69) is 235 Å². The summed E-state index contributed by atoms with van der Waals surface area (Å²) in [6.45, 7) is 0. The molecule has 0 N–H and O–H groups in total. The summed E-state index contributed by atoms with van der Waals surface area (Å²) in [7, 11) is 0. The van der Waals surface area contributed by atoms with E-state index in [-0.39, 0.29) is 0 Å². The average molecular weight is 995 g/mol. The normalized spacial score (nSPS) is 12.1. The van der Waals surface area contributed by atoms with Crippen molar-refractivity contribution in [1.82, 2.24) is 19.5 Å². The first kappa shape index (κ1) is 41.7. The maximum Gasteiger partial charge on any atom is 0.164 e. The fraction of sp³-hybridized carbons (Fsp3) is 0. The highest BCUT2D eigenvalue weighted by atomic mass is 32.1. The van der Waals surface area contributed by atoms with Gasteiger partial charge in [-0.05, 0) is 100 Å². The van der Waals surface area contributed by atoms with Crippen LogP contribution in [0, 0.1) is 0 Å². The van der Waals surface area contributed by atoms with E-state index in [4.69, 9.17) is 15.0 Å². The van der Waals surface area contributed by atoms with Crippen molar-refractivity contribution in [2.75, 3.05) is 0 Å². The minimum absolute atomic E-state index is 0.618. The second-order valence-corrected chi connectivity index (χ2v) is 22.2. The number of hydrogen-bond donors (Lipinski definition) is 0. The number of aromatic nitrogens is 4. The van der Waals surface area contributed by atoms with Gasteiger partial charge >= 0.3 is 0 Å². The zero-order valence-electron chi connectivity index (χ0n) is 39.5. The summed E-state index contributed by atoms with van der Waals surface area (Å²) in [6, 6.07) is 84.0. The fourth-order valence-corrected chi connectivity index (χ4v) is 15.0. The molecule has 16 aromatic rings. The van der Waals surface area contributed by atoms with Crippen LogP contribution in [-0.2, 0) is 0 Å². The van der Waals surface area contributed by atoms with E-state index in [1.807, 2.05) is 34.0 Å². The van der Waals surface area contributed by atoms with E-state index in [1.165, 1.54) is 82.4 Å². The van der Waals surface area contributed by atoms with Crippen LogP contribution < -0.4 is 0 Å². The van der Waals surface area contributed by atoms with Crippen molar-refractivity contribution in [3.05, 3.63) is 231 Å². The summed E-state index contributed by atoms with van der Waals surface area (Å²) < 4.78 is 9.90. The Morgan fingerprint density at radius 2 is 0.743 bits per heavy atom. The highest BCUT2D eigenvalue weighted by Crippen LogP contribution is 2.48. The Labute approximate surface area is 436 Å². The lowest BCUT2D eigenvalue weighted by atomic mass is 9.95. The largest absolute Gasteiger partial charge is 0.309 e. The van der Waals surface area contributed by atoms with Gasteiger partial charge in [0, 0.05) is 93.5 Å². The van der Waals surface area contributed by atoms with Crippen LogP contribution in [0.25, 0.3) is 155 Å². The molecule has 11 aromatic carbocycles. The van der Waals surface area contributed by atoms with Gasteiger partial charge in [-0.3, -0.25) is 0 Å². The van der Waals surface area contributed by atoms with Gasteiger partial charge in [0.15, 0.2) is 17.5 Å². The standard InChI is InChI=1S/C67H38N4S3/c1-2-16-39(17-3-1)43-23-12-27-53-61(43)51-36-40-18-4-5-19-41(40)38-54(51)71(53)52-35-34-42(37-50(52)44-24-13-31-58-62(44)45-20-6-9-28-55(45)72-58)65-68-66(48-25-14-32-59-63(48)46-21-7-10-29-56(46)73-59)70-67(69-65)49-26-15-33-60-64(49)47-22-8-11-30-57(47)74-60/h1-38H. The van der Waals surface area contributed by atoms with Gasteiger partial charge in [0.1, 0.15) is 0 Å². The number of nitrogens with zero attached hydrogens (tertiary/aromatic N) is 4. The Morgan fingerprint density at radius 1 is 0.270 bits per heavy atom. The fourth-order valence-electron chi connectivity index (χ4n) is 11.6. The van der Waals surface area contributed by atoms with Crippen LogP contribution >= 0.6 is 34.0 Å². The molecule has 5 heterocycles. The van der Waals surface area contributed by atoms with Crippen molar-refractivity contribution in [2.45, 2.75) is 0 Å². The maximum absolute atomic E-state index is 5.55. The quantitative estimate of drug-likeness (QED) is 0.167. The first-order chi connectivity index (χ1) is 36.7. The lowest BCUT2D eigenvalue weighted by Gasteiger charge is -2.17. The molecule has 0 aliphatic heterocycles. The molecular weight excluding hydrogens is 957 g/mol.